The number of thioether (sulfide) groups is 1. The van der Waals surface area contributed by atoms with Gasteiger partial charge in [0.25, 0.3) is 5.91 Å². The van der Waals surface area contributed by atoms with Gasteiger partial charge in [-0.2, -0.15) is 0 Å². The van der Waals surface area contributed by atoms with Gasteiger partial charge < -0.3 is 15.0 Å². The lowest BCUT2D eigenvalue weighted by atomic mass is 10.2. The van der Waals surface area contributed by atoms with Crippen molar-refractivity contribution in [2.75, 3.05) is 5.75 Å². The summed E-state index contributed by atoms with van der Waals surface area (Å²) >= 11 is 1.55. The molecule has 0 saturated carbocycles. The Balaban J connectivity index is 1.91. The maximum Gasteiger partial charge on any atom is 0.330 e. The van der Waals surface area contributed by atoms with Gasteiger partial charge in [0, 0.05) is 18.2 Å². The van der Waals surface area contributed by atoms with Crippen LogP contribution in [0.4, 0.5) is 4.79 Å². The van der Waals surface area contributed by atoms with Crippen molar-refractivity contribution in [3.05, 3.63) is 0 Å². The van der Waals surface area contributed by atoms with Crippen molar-refractivity contribution in [1.82, 2.24) is 15.5 Å². The zero-order chi connectivity index (χ0) is 18.1. The normalized spacial score (nSPS) is 27.0. The maximum absolute atomic E-state index is 12.3. The number of esters is 1. The monoisotopic (exact) mass is 357 g/mol. The van der Waals surface area contributed by atoms with E-state index in [9.17, 15) is 19.2 Å². The number of hydrogen-bond acceptors (Lipinski definition) is 6. The van der Waals surface area contributed by atoms with E-state index in [0.717, 1.165) is 0 Å². The van der Waals surface area contributed by atoms with Crippen LogP contribution in [-0.4, -0.2) is 57.5 Å². The number of fused-ring (bicyclic) bond motifs is 1. The number of urea groups is 1. The summed E-state index contributed by atoms with van der Waals surface area (Å²) in [7, 11) is 0. The summed E-state index contributed by atoms with van der Waals surface area (Å²) in [6.07, 6.45) is -0.00493. The molecule has 2 fully saturated rings. The first-order chi connectivity index (χ1) is 11.1. The minimum atomic E-state index is -1.12. The molecule has 4 amide bonds. The van der Waals surface area contributed by atoms with Gasteiger partial charge in [0.05, 0.1) is 4.87 Å². The van der Waals surface area contributed by atoms with Crippen LogP contribution in [0.2, 0.25) is 0 Å². The smallest absolute Gasteiger partial charge is 0.330 e. The molecule has 0 aromatic rings. The van der Waals surface area contributed by atoms with Crippen LogP contribution in [0.25, 0.3) is 0 Å². The van der Waals surface area contributed by atoms with Crippen molar-refractivity contribution in [1.29, 1.82) is 0 Å². The lowest BCUT2D eigenvalue weighted by Gasteiger charge is -2.29. The summed E-state index contributed by atoms with van der Waals surface area (Å²) in [5, 5.41) is 4.63. The molecule has 9 heteroatoms. The molecule has 0 radical (unpaired) electrons. The van der Waals surface area contributed by atoms with Crippen LogP contribution in [0.1, 0.15) is 40.5 Å². The number of nitrogens with zero attached hydrogens (tertiary/aromatic N) is 1. The molecule has 0 aromatic heterocycles. The number of carbonyl (C=O) groups is 4. The second-order valence-corrected chi connectivity index (χ2v) is 7.96. The van der Waals surface area contributed by atoms with Crippen LogP contribution < -0.4 is 10.6 Å². The topological polar surface area (TPSA) is 105 Å². The van der Waals surface area contributed by atoms with Gasteiger partial charge >= 0.3 is 12.0 Å². The van der Waals surface area contributed by atoms with Crippen LogP contribution in [0.3, 0.4) is 0 Å². The van der Waals surface area contributed by atoms with E-state index in [1.807, 2.05) is 6.92 Å². The summed E-state index contributed by atoms with van der Waals surface area (Å²) in [4.78, 5) is 49.0. The molecule has 0 bridgehead atoms. The summed E-state index contributed by atoms with van der Waals surface area (Å²) in [6, 6.07) is -1.45. The number of ether oxygens (including phenoxy) is 1. The molecule has 2 saturated heterocycles. The van der Waals surface area contributed by atoms with E-state index in [2.05, 4.69) is 10.6 Å². The summed E-state index contributed by atoms with van der Waals surface area (Å²) in [5.41, 5.74) is 0. The van der Waals surface area contributed by atoms with E-state index in [-0.39, 0.29) is 16.8 Å². The highest BCUT2D eigenvalue weighted by molar-refractivity contribution is 8.01. The first kappa shape index (κ1) is 18.6. The molecule has 0 aliphatic carbocycles. The van der Waals surface area contributed by atoms with E-state index in [4.69, 9.17) is 4.74 Å². The van der Waals surface area contributed by atoms with Crippen molar-refractivity contribution in [2.45, 2.75) is 63.6 Å². The van der Waals surface area contributed by atoms with Gasteiger partial charge in [0.2, 0.25) is 5.91 Å². The van der Waals surface area contributed by atoms with Crippen molar-refractivity contribution < 1.29 is 23.9 Å². The quantitative estimate of drug-likeness (QED) is 0.714. The number of carbonyl (C=O) groups excluding carboxylic acids is 4. The highest BCUT2D eigenvalue weighted by Gasteiger charge is 2.53. The van der Waals surface area contributed by atoms with E-state index in [1.165, 1.54) is 6.92 Å². The molecule has 134 valence electrons. The van der Waals surface area contributed by atoms with Crippen molar-refractivity contribution >= 4 is 35.6 Å². The van der Waals surface area contributed by atoms with Gasteiger partial charge in [0.15, 0.2) is 6.10 Å². The molecular formula is C15H23N3O5S. The molecule has 8 nitrogen and oxygen atoms in total. The Morgan fingerprint density at radius 3 is 2.62 bits per heavy atom. The Morgan fingerprint density at radius 2 is 2.00 bits per heavy atom. The SMILES string of the molecule is CC(C)NC(=O)NC(=O)[C@@H](C)OC(=O)[C@H]1CS[C@@]2(C)CCC(=O)N12. The number of hydrogen-bond donors (Lipinski definition) is 2. The van der Waals surface area contributed by atoms with Crippen LogP contribution in [0, 0.1) is 0 Å². The fourth-order valence-electron chi connectivity index (χ4n) is 2.81. The van der Waals surface area contributed by atoms with Gasteiger partial charge in [0.1, 0.15) is 6.04 Å². The zero-order valence-electron chi connectivity index (χ0n) is 14.3. The van der Waals surface area contributed by atoms with Crippen molar-refractivity contribution in [3.8, 4) is 0 Å². The number of nitrogens with one attached hydrogen (secondary N) is 2. The predicted molar refractivity (Wildman–Crippen MR) is 88.1 cm³/mol. The van der Waals surface area contributed by atoms with Crippen LogP contribution >= 0.6 is 11.8 Å². The molecule has 0 aromatic carbocycles. The van der Waals surface area contributed by atoms with Gasteiger partial charge in [-0.25, -0.2) is 9.59 Å². The lowest BCUT2D eigenvalue weighted by molar-refractivity contribution is -0.161. The minimum absolute atomic E-state index is 0.0714. The molecule has 24 heavy (non-hydrogen) atoms. The summed E-state index contributed by atoms with van der Waals surface area (Å²) in [6.45, 7) is 6.84. The Kier molecular flexibility index (Phi) is 5.42. The molecule has 2 aliphatic heterocycles. The average Bonchev–Trinajstić information content (AvgIpc) is 2.95. The Hall–Kier alpha value is -1.77. The van der Waals surface area contributed by atoms with Gasteiger partial charge in [-0.1, -0.05) is 0 Å². The summed E-state index contributed by atoms with van der Waals surface area (Å²) in [5.74, 6) is -0.947. The molecule has 3 atom stereocenters. The molecule has 2 N–H and O–H groups in total. The van der Waals surface area contributed by atoms with E-state index < -0.39 is 30.1 Å². The Labute approximate surface area is 145 Å². The second kappa shape index (κ2) is 7.00. The molecule has 0 spiro atoms. The lowest BCUT2D eigenvalue weighted by Crippen LogP contribution is -2.50. The molecule has 2 rings (SSSR count). The Bertz CT molecular complexity index is 567. The van der Waals surface area contributed by atoms with Crippen molar-refractivity contribution in [2.24, 2.45) is 0 Å². The largest absolute Gasteiger partial charge is 0.451 e. The fourth-order valence-corrected chi connectivity index (χ4v) is 4.23. The molecule has 2 aliphatic rings. The van der Waals surface area contributed by atoms with Crippen LogP contribution in [0.15, 0.2) is 0 Å². The minimum Gasteiger partial charge on any atom is -0.451 e. The van der Waals surface area contributed by atoms with Gasteiger partial charge in [-0.15, -0.1) is 11.8 Å². The van der Waals surface area contributed by atoms with Crippen molar-refractivity contribution in [3.63, 3.8) is 0 Å². The number of imide groups is 1. The van der Waals surface area contributed by atoms with E-state index >= 15 is 0 Å². The van der Waals surface area contributed by atoms with Crippen LogP contribution in [-0.2, 0) is 19.1 Å². The van der Waals surface area contributed by atoms with Crippen LogP contribution in [0.5, 0.6) is 0 Å². The third kappa shape index (κ3) is 3.82. The second-order valence-electron chi connectivity index (χ2n) is 6.46. The Morgan fingerprint density at radius 1 is 1.33 bits per heavy atom. The fraction of sp³-hybridized carbons (Fsp3) is 0.733. The van der Waals surface area contributed by atoms with E-state index in [1.54, 1.807) is 30.5 Å². The molecule has 0 unspecified atom stereocenters. The predicted octanol–water partition coefficient (Wildman–Crippen LogP) is 0.606. The third-order valence-corrected chi connectivity index (χ3v) is 5.54. The zero-order valence-corrected chi connectivity index (χ0v) is 15.1. The molecular weight excluding hydrogens is 334 g/mol. The first-order valence-corrected chi connectivity index (χ1v) is 8.90. The van der Waals surface area contributed by atoms with Gasteiger partial charge in [-0.3, -0.25) is 14.9 Å². The third-order valence-electron chi connectivity index (χ3n) is 4.04. The summed E-state index contributed by atoms with van der Waals surface area (Å²) < 4.78 is 5.17. The highest BCUT2D eigenvalue weighted by atomic mass is 32.2. The average molecular weight is 357 g/mol. The van der Waals surface area contributed by atoms with E-state index in [0.29, 0.717) is 18.6 Å². The van der Waals surface area contributed by atoms with Gasteiger partial charge in [-0.05, 0) is 34.1 Å². The number of rotatable bonds is 4. The number of amides is 4. The standard InChI is InChI=1S/C15H23N3O5S/c1-8(2)16-14(22)17-12(20)9(3)23-13(21)10-7-24-15(4)6-5-11(19)18(10)15/h8-10H,5-7H2,1-4H3,(H2,16,17,20,22)/t9-,10-,15+/m1/s1. The first-order valence-electron chi connectivity index (χ1n) is 7.92. The maximum atomic E-state index is 12.3. The molecule has 2 heterocycles. The highest BCUT2D eigenvalue weighted by Crippen LogP contribution is 2.47.